The van der Waals surface area contributed by atoms with Crippen LogP contribution in [0.1, 0.15) is 41.8 Å². The Morgan fingerprint density at radius 1 is 1.06 bits per heavy atom. The number of rotatable bonds is 3. The summed E-state index contributed by atoms with van der Waals surface area (Å²) in [6.07, 6.45) is -4.81. The summed E-state index contributed by atoms with van der Waals surface area (Å²) in [5.41, 5.74) is 1.87. The number of carbonyl (C=O) groups is 1. The third kappa shape index (κ3) is 5.75. The maximum Gasteiger partial charge on any atom is 0.394 e. The van der Waals surface area contributed by atoms with Gasteiger partial charge in [0.05, 0.1) is 17.2 Å². The number of hydrogen-bond acceptors (Lipinski definition) is 6. The number of ether oxygens (including phenoxy) is 1. The van der Waals surface area contributed by atoms with Crippen LogP contribution in [0.15, 0.2) is 53.4 Å². The fourth-order valence-electron chi connectivity index (χ4n) is 4.03. The maximum atomic E-state index is 13.7. The molecule has 2 aromatic carbocycles. The van der Waals surface area contributed by atoms with Crippen LogP contribution in [0.2, 0.25) is 0 Å². The topological polar surface area (TPSA) is 76.1 Å². The van der Waals surface area contributed by atoms with Crippen LogP contribution in [0.4, 0.5) is 19.1 Å². The number of alkyl halides is 3. The Balaban J connectivity index is 1.75. The number of amides is 1. The second-order valence-corrected chi connectivity index (χ2v) is 10.4. The zero-order valence-corrected chi connectivity index (χ0v) is 21.2. The van der Waals surface area contributed by atoms with Crippen molar-refractivity contribution in [3.05, 3.63) is 65.2 Å². The van der Waals surface area contributed by atoms with Crippen LogP contribution >= 0.6 is 11.9 Å². The van der Waals surface area contributed by atoms with Crippen LogP contribution in [0, 0.1) is 19.3 Å². The Kier molecular flexibility index (Phi) is 7.17. The number of carbonyl (C=O) groups excluding carboxylic acids is 1. The van der Waals surface area contributed by atoms with Crippen molar-refractivity contribution in [2.24, 2.45) is 5.41 Å². The zero-order chi connectivity index (χ0) is 26.1. The Hall–Kier alpha value is -3.27. The van der Waals surface area contributed by atoms with E-state index in [0.29, 0.717) is 11.3 Å². The molecular weight excluding hydrogens is 489 g/mol. The van der Waals surface area contributed by atoms with E-state index in [4.69, 9.17) is 4.74 Å². The van der Waals surface area contributed by atoms with E-state index in [0.717, 1.165) is 35.4 Å². The molecule has 0 fully saturated rings. The van der Waals surface area contributed by atoms with Crippen LogP contribution in [-0.2, 0) is 0 Å². The summed E-state index contributed by atoms with van der Waals surface area (Å²) < 4.78 is 50.0. The summed E-state index contributed by atoms with van der Waals surface area (Å²) >= 11 is 1.22. The van der Waals surface area contributed by atoms with Crippen molar-refractivity contribution >= 4 is 23.8 Å². The van der Waals surface area contributed by atoms with Gasteiger partial charge in [0, 0.05) is 22.1 Å². The monoisotopic (exact) mass is 516 g/mol. The van der Waals surface area contributed by atoms with Gasteiger partial charge in [-0.1, -0.05) is 38.1 Å². The lowest BCUT2D eigenvalue weighted by molar-refractivity contribution is -0.215. The molecule has 2 heterocycles. The fraction of sp³-hybridized carbons (Fsp3) is 0.346. The van der Waals surface area contributed by atoms with Crippen molar-refractivity contribution in [3.63, 3.8) is 0 Å². The van der Waals surface area contributed by atoms with E-state index >= 15 is 0 Å². The van der Waals surface area contributed by atoms with E-state index < -0.39 is 23.5 Å². The van der Waals surface area contributed by atoms with Crippen LogP contribution < -0.4 is 14.8 Å². The number of nitrogens with one attached hydrogen (secondary N) is 2. The number of aromatic nitrogens is 2. The molecule has 0 saturated carbocycles. The summed E-state index contributed by atoms with van der Waals surface area (Å²) in [5.74, 6) is 0.00400. The molecule has 0 saturated heterocycles. The molecule has 6 nitrogen and oxygen atoms in total. The first-order chi connectivity index (χ1) is 16.9. The van der Waals surface area contributed by atoms with Gasteiger partial charge in [-0.2, -0.15) is 18.2 Å². The molecule has 1 aliphatic heterocycles. The van der Waals surface area contributed by atoms with Crippen molar-refractivity contribution < 1.29 is 22.7 Å². The molecule has 0 unspecified atom stereocenters. The normalized spacial score (nSPS) is 16.5. The largest absolute Gasteiger partial charge is 0.475 e. The Morgan fingerprint density at radius 2 is 1.75 bits per heavy atom. The van der Waals surface area contributed by atoms with Crippen LogP contribution in [-0.4, -0.2) is 34.7 Å². The number of halogens is 3. The number of hydrogen-bond donors (Lipinski definition) is 2. The van der Waals surface area contributed by atoms with Crippen LogP contribution in [0.3, 0.4) is 0 Å². The Labute approximate surface area is 212 Å². The van der Waals surface area contributed by atoms with Crippen molar-refractivity contribution in [2.45, 2.75) is 51.2 Å². The van der Waals surface area contributed by atoms with Gasteiger partial charge in [0.15, 0.2) is 0 Å². The SMILES string of the molecule is Cc1cccc(C)c1-c1cc2nc(n1)NSc1cccc(c1)C(=O)N[C@H](CC(C)(C)C(F)(F)F)CO2. The smallest absolute Gasteiger partial charge is 0.394 e. The highest BCUT2D eigenvalue weighted by Gasteiger charge is 2.48. The Bertz CT molecular complexity index is 1260. The minimum atomic E-state index is -4.45. The molecule has 1 amide bonds. The van der Waals surface area contributed by atoms with Crippen LogP contribution in [0.25, 0.3) is 11.3 Å². The quantitative estimate of drug-likeness (QED) is 0.395. The molecule has 1 aromatic heterocycles. The molecule has 0 spiro atoms. The minimum Gasteiger partial charge on any atom is -0.475 e. The van der Waals surface area contributed by atoms with E-state index in [9.17, 15) is 18.0 Å². The highest BCUT2D eigenvalue weighted by Crippen LogP contribution is 2.41. The average molecular weight is 517 g/mol. The molecule has 190 valence electrons. The van der Waals surface area contributed by atoms with Gasteiger partial charge in [0.25, 0.3) is 5.91 Å². The second-order valence-electron chi connectivity index (χ2n) is 9.48. The predicted octanol–water partition coefficient (Wildman–Crippen LogP) is 6.35. The number of nitrogens with zero attached hydrogens (tertiary/aromatic N) is 2. The molecular formula is C26H27F3N4O2S. The lowest BCUT2D eigenvalue weighted by Crippen LogP contribution is -2.45. The Morgan fingerprint density at radius 3 is 2.44 bits per heavy atom. The summed E-state index contributed by atoms with van der Waals surface area (Å²) in [4.78, 5) is 22.7. The summed E-state index contributed by atoms with van der Waals surface area (Å²) in [6.45, 7) is 5.99. The molecule has 10 heteroatoms. The van der Waals surface area contributed by atoms with Crippen molar-refractivity contribution in [2.75, 3.05) is 11.3 Å². The minimum absolute atomic E-state index is 0.194. The van der Waals surface area contributed by atoms with Gasteiger partial charge in [-0.15, -0.1) is 0 Å². The van der Waals surface area contributed by atoms with E-state index in [2.05, 4.69) is 20.0 Å². The fourth-order valence-corrected chi connectivity index (χ4v) is 4.67. The molecule has 3 aromatic rings. The van der Waals surface area contributed by atoms with E-state index in [1.165, 1.54) is 11.9 Å². The number of benzene rings is 2. The summed E-state index contributed by atoms with van der Waals surface area (Å²) in [7, 11) is 0. The molecule has 0 aliphatic carbocycles. The number of aryl methyl sites for hydroxylation is 2. The summed E-state index contributed by atoms with van der Waals surface area (Å²) in [5, 5.41) is 2.73. The third-order valence-electron chi connectivity index (χ3n) is 6.09. The predicted molar refractivity (Wildman–Crippen MR) is 134 cm³/mol. The molecule has 36 heavy (non-hydrogen) atoms. The average Bonchev–Trinajstić information content (AvgIpc) is 2.80. The summed E-state index contributed by atoms with van der Waals surface area (Å²) in [6, 6.07) is 13.5. The highest BCUT2D eigenvalue weighted by atomic mass is 32.2. The molecule has 0 radical (unpaired) electrons. The number of anilines is 1. The van der Waals surface area contributed by atoms with Gasteiger partial charge < -0.3 is 10.1 Å². The van der Waals surface area contributed by atoms with Gasteiger partial charge >= 0.3 is 6.18 Å². The van der Waals surface area contributed by atoms with Crippen LogP contribution in [0.5, 0.6) is 5.88 Å². The van der Waals surface area contributed by atoms with E-state index in [1.54, 1.807) is 24.3 Å². The first-order valence-electron chi connectivity index (χ1n) is 11.4. The molecule has 1 aliphatic rings. The molecule has 1 atom stereocenters. The van der Waals surface area contributed by atoms with Gasteiger partial charge in [0.2, 0.25) is 11.8 Å². The second kappa shape index (κ2) is 10.0. The van der Waals surface area contributed by atoms with Gasteiger partial charge in [0.1, 0.15) is 6.61 Å². The van der Waals surface area contributed by atoms with Gasteiger partial charge in [-0.25, -0.2) is 4.98 Å². The lowest BCUT2D eigenvalue weighted by atomic mass is 9.85. The molecule has 4 bridgehead atoms. The maximum absolute atomic E-state index is 13.7. The number of fused-ring (bicyclic) bond motifs is 4. The first-order valence-corrected chi connectivity index (χ1v) is 12.2. The van der Waals surface area contributed by atoms with E-state index in [-0.39, 0.29) is 24.9 Å². The third-order valence-corrected chi connectivity index (χ3v) is 6.86. The van der Waals surface area contributed by atoms with Gasteiger partial charge in [-0.3, -0.25) is 9.52 Å². The van der Waals surface area contributed by atoms with Crippen molar-refractivity contribution in [3.8, 4) is 17.1 Å². The molecule has 2 N–H and O–H groups in total. The van der Waals surface area contributed by atoms with Crippen molar-refractivity contribution in [1.29, 1.82) is 0 Å². The first kappa shape index (κ1) is 25.8. The van der Waals surface area contributed by atoms with Gasteiger partial charge in [-0.05, 0) is 61.5 Å². The zero-order valence-electron chi connectivity index (χ0n) is 20.4. The molecule has 4 rings (SSSR count). The van der Waals surface area contributed by atoms with Crippen molar-refractivity contribution in [1.82, 2.24) is 15.3 Å². The lowest BCUT2D eigenvalue weighted by Gasteiger charge is -2.32. The van der Waals surface area contributed by atoms with E-state index in [1.807, 2.05) is 38.1 Å². The highest BCUT2D eigenvalue weighted by molar-refractivity contribution is 8.00. The standard InChI is InChI=1S/C26H27F3N4O2S/c1-15-7-5-8-16(2)22(15)20-12-21-32-24(31-20)33-36-19-10-6-9-17(11-19)23(34)30-18(14-35-21)13-25(3,4)26(27,28)29/h5-12,18H,13-14H2,1-4H3,(H,30,34)(H,31,32,33)/t18-/m1/s1.